The Kier molecular flexibility index (Phi) is 4.58. The highest BCUT2D eigenvalue weighted by atomic mass is 19.1. The first kappa shape index (κ1) is 15.0. The van der Waals surface area contributed by atoms with Crippen molar-refractivity contribution in [3.63, 3.8) is 0 Å². The first-order valence-corrected chi connectivity index (χ1v) is 6.91. The van der Waals surface area contributed by atoms with Gasteiger partial charge >= 0.3 is 0 Å². The number of aryl methyl sites for hydroxylation is 1. The van der Waals surface area contributed by atoms with E-state index < -0.39 is 5.82 Å². The van der Waals surface area contributed by atoms with Gasteiger partial charge in [-0.25, -0.2) is 4.39 Å². The molecule has 0 unspecified atom stereocenters. The van der Waals surface area contributed by atoms with E-state index >= 15 is 0 Å². The van der Waals surface area contributed by atoms with Gasteiger partial charge in [-0.3, -0.25) is 4.79 Å². The molecule has 0 bridgehead atoms. The molecular weight excluding hydrogens is 267 g/mol. The quantitative estimate of drug-likeness (QED) is 0.876. The predicted molar refractivity (Wildman–Crippen MR) is 82.4 cm³/mol. The van der Waals surface area contributed by atoms with Crippen LogP contribution in [0.15, 0.2) is 42.5 Å². The highest BCUT2D eigenvalue weighted by Gasteiger charge is 2.18. The van der Waals surface area contributed by atoms with Gasteiger partial charge in [-0.15, -0.1) is 0 Å². The smallest absolute Gasteiger partial charge is 0.256 e. The van der Waals surface area contributed by atoms with Crippen molar-refractivity contribution in [2.75, 3.05) is 12.3 Å². The topological polar surface area (TPSA) is 46.3 Å². The fourth-order valence-corrected chi connectivity index (χ4v) is 2.22. The van der Waals surface area contributed by atoms with Crippen LogP contribution in [0.4, 0.5) is 10.1 Å². The number of carbonyl (C=O) groups excluding carboxylic acids is 1. The third-order valence-electron chi connectivity index (χ3n) is 3.54. The van der Waals surface area contributed by atoms with E-state index in [9.17, 15) is 9.18 Å². The molecule has 0 saturated heterocycles. The van der Waals surface area contributed by atoms with Crippen molar-refractivity contribution in [1.29, 1.82) is 0 Å². The summed E-state index contributed by atoms with van der Waals surface area (Å²) in [7, 11) is 0. The van der Waals surface area contributed by atoms with Crippen molar-refractivity contribution in [1.82, 2.24) is 4.90 Å². The zero-order valence-electron chi connectivity index (χ0n) is 12.3. The summed E-state index contributed by atoms with van der Waals surface area (Å²) < 4.78 is 13.1. The van der Waals surface area contributed by atoms with E-state index in [0.29, 0.717) is 18.7 Å². The normalized spacial score (nSPS) is 10.4. The molecule has 2 aromatic carbocycles. The molecule has 0 spiro atoms. The van der Waals surface area contributed by atoms with Gasteiger partial charge in [0.2, 0.25) is 0 Å². The second kappa shape index (κ2) is 6.39. The fourth-order valence-electron chi connectivity index (χ4n) is 2.22. The lowest BCUT2D eigenvalue weighted by molar-refractivity contribution is 0.0753. The first-order valence-electron chi connectivity index (χ1n) is 6.91. The Bertz CT molecular complexity index is 655. The summed E-state index contributed by atoms with van der Waals surface area (Å²) in [5, 5.41) is 0. The largest absolute Gasteiger partial charge is 0.398 e. The number of anilines is 1. The minimum atomic E-state index is -0.439. The standard InChI is InChI=1S/C17H19FN2O/c1-3-20(11-13-7-5-4-6-12(13)2)17(21)15-9-8-14(18)10-16(15)19/h4-10H,3,11,19H2,1-2H3. The van der Waals surface area contributed by atoms with Gasteiger partial charge in [0.25, 0.3) is 5.91 Å². The Labute approximate surface area is 124 Å². The minimum Gasteiger partial charge on any atom is -0.398 e. The molecule has 2 N–H and O–H groups in total. The van der Waals surface area contributed by atoms with Gasteiger partial charge in [0.15, 0.2) is 0 Å². The number of rotatable bonds is 4. The second-order valence-electron chi connectivity index (χ2n) is 4.98. The van der Waals surface area contributed by atoms with Crippen LogP contribution in [0.2, 0.25) is 0 Å². The van der Waals surface area contributed by atoms with Crippen molar-refractivity contribution in [3.05, 3.63) is 65.0 Å². The molecule has 110 valence electrons. The predicted octanol–water partition coefficient (Wildman–Crippen LogP) is 3.38. The van der Waals surface area contributed by atoms with Gasteiger partial charge < -0.3 is 10.6 Å². The Morgan fingerprint density at radius 2 is 1.95 bits per heavy atom. The maximum Gasteiger partial charge on any atom is 0.256 e. The number of halogens is 1. The first-order chi connectivity index (χ1) is 10.0. The highest BCUT2D eigenvalue weighted by Crippen LogP contribution is 2.18. The number of hydrogen-bond acceptors (Lipinski definition) is 2. The highest BCUT2D eigenvalue weighted by molar-refractivity contribution is 5.99. The van der Waals surface area contributed by atoms with Gasteiger partial charge in [0.05, 0.1) is 5.56 Å². The lowest BCUT2D eigenvalue weighted by Gasteiger charge is -2.22. The molecular formula is C17H19FN2O. The van der Waals surface area contributed by atoms with Crippen LogP contribution in [0.3, 0.4) is 0 Å². The van der Waals surface area contributed by atoms with Gasteiger partial charge in [0.1, 0.15) is 5.82 Å². The Hall–Kier alpha value is -2.36. The fraction of sp³-hybridized carbons (Fsp3) is 0.235. The third-order valence-corrected chi connectivity index (χ3v) is 3.54. The van der Waals surface area contributed by atoms with Gasteiger partial charge in [0, 0.05) is 18.8 Å². The van der Waals surface area contributed by atoms with Crippen LogP contribution in [0.25, 0.3) is 0 Å². The Balaban J connectivity index is 2.25. The van der Waals surface area contributed by atoms with Crippen molar-refractivity contribution in [2.24, 2.45) is 0 Å². The molecule has 0 fully saturated rings. The van der Waals surface area contributed by atoms with E-state index in [-0.39, 0.29) is 11.6 Å². The molecule has 0 radical (unpaired) electrons. The number of nitrogens with zero attached hydrogens (tertiary/aromatic N) is 1. The van der Waals surface area contributed by atoms with Gasteiger partial charge in [-0.05, 0) is 43.2 Å². The molecule has 0 aliphatic heterocycles. The molecule has 21 heavy (non-hydrogen) atoms. The molecule has 0 heterocycles. The number of amides is 1. The van der Waals surface area contributed by atoms with Crippen LogP contribution >= 0.6 is 0 Å². The summed E-state index contributed by atoms with van der Waals surface area (Å²) in [5.41, 5.74) is 8.49. The molecule has 2 rings (SSSR count). The van der Waals surface area contributed by atoms with Crippen LogP contribution in [0.5, 0.6) is 0 Å². The number of carbonyl (C=O) groups is 1. The zero-order valence-corrected chi connectivity index (χ0v) is 12.3. The van der Waals surface area contributed by atoms with E-state index in [1.165, 1.54) is 18.2 Å². The monoisotopic (exact) mass is 286 g/mol. The molecule has 1 amide bonds. The van der Waals surface area contributed by atoms with E-state index in [4.69, 9.17) is 5.73 Å². The molecule has 0 atom stereocenters. The summed E-state index contributed by atoms with van der Waals surface area (Å²) in [6, 6.07) is 11.8. The molecule has 2 aromatic rings. The average molecular weight is 286 g/mol. The maximum atomic E-state index is 13.1. The van der Waals surface area contributed by atoms with E-state index in [1.54, 1.807) is 4.90 Å². The summed E-state index contributed by atoms with van der Waals surface area (Å²) >= 11 is 0. The number of hydrogen-bond donors (Lipinski definition) is 1. The zero-order chi connectivity index (χ0) is 15.4. The molecule has 4 heteroatoms. The molecule has 0 aromatic heterocycles. The second-order valence-corrected chi connectivity index (χ2v) is 4.98. The van der Waals surface area contributed by atoms with Crippen LogP contribution in [0.1, 0.15) is 28.4 Å². The number of benzene rings is 2. The van der Waals surface area contributed by atoms with Crippen LogP contribution < -0.4 is 5.73 Å². The number of nitrogens with two attached hydrogens (primary N) is 1. The minimum absolute atomic E-state index is 0.170. The van der Waals surface area contributed by atoms with Gasteiger partial charge in [-0.2, -0.15) is 0 Å². The van der Waals surface area contributed by atoms with Crippen molar-refractivity contribution in [2.45, 2.75) is 20.4 Å². The summed E-state index contributed by atoms with van der Waals surface area (Å²) in [4.78, 5) is 14.2. The molecule has 3 nitrogen and oxygen atoms in total. The average Bonchev–Trinajstić information content (AvgIpc) is 2.46. The van der Waals surface area contributed by atoms with Crippen molar-refractivity contribution >= 4 is 11.6 Å². The maximum absolute atomic E-state index is 13.1. The van der Waals surface area contributed by atoms with Crippen molar-refractivity contribution < 1.29 is 9.18 Å². The van der Waals surface area contributed by atoms with E-state index in [0.717, 1.165) is 11.1 Å². The van der Waals surface area contributed by atoms with Crippen LogP contribution in [-0.4, -0.2) is 17.4 Å². The summed E-state index contributed by atoms with van der Waals surface area (Å²) in [5.74, 6) is -0.621. The Morgan fingerprint density at radius 1 is 1.24 bits per heavy atom. The Morgan fingerprint density at radius 3 is 2.57 bits per heavy atom. The summed E-state index contributed by atoms with van der Waals surface area (Å²) in [6.45, 7) is 5.00. The van der Waals surface area contributed by atoms with E-state index in [2.05, 4.69) is 0 Å². The van der Waals surface area contributed by atoms with Crippen LogP contribution in [-0.2, 0) is 6.54 Å². The molecule has 0 aliphatic rings. The van der Waals surface area contributed by atoms with Crippen molar-refractivity contribution in [3.8, 4) is 0 Å². The molecule has 0 aliphatic carbocycles. The number of nitrogen functional groups attached to an aromatic ring is 1. The van der Waals surface area contributed by atoms with E-state index in [1.807, 2.05) is 38.1 Å². The third kappa shape index (κ3) is 3.40. The SMILES string of the molecule is CCN(Cc1ccccc1C)C(=O)c1ccc(F)cc1N. The lowest BCUT2D eigenvalue weighted by atomic mass is 10.1. The van der Waals surface area contributed by atoms with Crippen LogP contribution in [0, 0.1) is 12.7 Å². The molecule has 0 saturated carbocycles. The van der Waals surface area contributed by atoms with Gasteiger partial charge in [-0.1, -0.05) is 24.3 Å². The summed E-state index contributed by atoms with van der Waals surface area (Å²) in [6.07, 6.45) is 0. The lowest BCUT2D eigenvalue weighted by Crippen LogP contribution is -2.31.